The van der Waals surface area contributed by atoms with Gasteiger partial charge in [-0.2, -0.15) is 5.26 Å². The molecule has 0 radical (unpaired) electrons. The topological polar surface area (TPSA) is 61.1 Å². The Hall–Kier alpha value is -2.08. The summed E-state index contributed by atoms with van der Waals surface area (Å²) in [5, 5.41) is 20.2. The molecule has 2 saturated carbocycles. The lowest BCUT2D eigenvalue weighted by Gasteiger charge is -2.55. The van der Waals surface area contributed by atoms with Crippen LogP contribution in [-0.2, 0) is 4.79 Å². The van der Waals surface area contributed by atoms with E-state index in [9.17, 15) is 15.2 Å². The maximum Gasteiger partial charge on any atom is 0.220 e. The third-order valence-corrected chi connectivity index (χ3v) is 10.1. The average molecular weight is 448 g/mol. The van der Waals surface area contributed by atoms with Gasteiger partial charge in [0.15, 0.2) is 5.76 Å². The quantitative estimate of drug-likeness (QED) is 0.412. The number of nitrogens with zero attached hydrogens (tertiary/aromatic N) is 1. The van der Waals surface area contributed by atoms with Crippen LogP contribution in [-0.4, -0.2) is 10.9 Å². The third-order valence-electron chi connectivity index (χ3n) is 10.1. The Balaban J connectivity index is 1.79. The summed E-state index contributed by atoms with van der Waals surface area (Å²) in [5.74, 6) is 0.533. The highest BCUT2D eigenvalue weighted by molar-refractivity contribution is 6.06. The Morgan fingerprint density at radius 1 is 1.03 bits per heavy atom. The third kappa shape index (κ3) is 3.74. The molecule has 3 heteroatoms. The molecule has 0 saturated heterocycles. The molecular formula is C30H41NO2. The second-order valence-corrected chi connectivity index (χ2v) is 12.9. The van der Waals surface area contributed by atoms with E-state index in [2.05, 4.69) is 59.8 Å². The van der Waals surface area contributed by atoms with Gasteiger partial charge in [-0.05, 0) is 98.7 Å². The van der Waals surface area contributed by atoms with Crippen LogP contribution < -0.4 is 0 Å². The second kappa shape index (κ2) is 7.72. The number of rotatable bonds is 0. The standard InChI is InChI=1S/C30H41NO2/c1-19-10-11-29(6)14-13-28(5,18-31)17-25(29)27(3,4)12-15-30(7)22(19)9-8-21-20(2)26(33)24(32)16-23(21)30/h8-9,16,19,25,33H,10-15,17H2,1-7H3/t19-,25-,28+,29-,30+/m0/s1. The predicted octanol–water partition coefficient (Wildman–Crippen LogP) is 7.77. The fourth-order valence-corrected chi connectivity index (χ4v) is 7.57. The van der Waals surface area contributed by atoms with Crippen molar-refractivity contribution < 1.29 is 9.90 Å². The molecule has 4 aliphatic rings. The number of nitriles is 1. The summed E-state index contributed by atoms with van der Waals surface area (Å²) < 4.78 is 0. The van der Waals surface area contributed by atoms with Gasteiger partial charge >= 0.3 is 0 Å². The molecule has 33 heavy (non-hydrogen) atoms. The van der Waals surface area contributed by atoms with Crippen LogP contribution in [0.5, 0.6) is 0 Å². The monoisotopic (exact) mass is 447 g/mol. The Labute approximate surface area is 200 Å². The minimum Gasteiger partial charge on any atom is -0.504 e. The first-order valence-corrected chi connectivity index (χ1v) is 12.8. The van der Waals surface area contributed by atoms with Crippen molar-refractivity contribution in [1.82, 2.24) is 0 Å². The van der Waals surface area contributed by atoms with Gasteiger partial charge in [0.05, 0.1) is 11.5 Å². The fraction of sp³-hybridized carbons (Fsp3) is 0.667. The van der Waals surface area contributed by atoms with Gasteiger partial charge < -0.3 is 5.11 Å². The summed E-state index contributed by atoms with van der Waals surface area (Å²) in [5.41, 5.74) is 4.11. The van der Waals surface area contributed by atoms with Crippen LogP contribution in [0, 0.1) is 44.8 Å². The molecule has 0 bridgehead atoms. The summed E-state index contributed by atoms with van der Waals surface area (Å²) in [6, 6.07) is 2.65. The average Bonchev–Trinajstić information content (AvgIpc) is 2.77. The first-order valence-electron chi connectivity index (χ1n) is 12.8. The molecule has 178 valence electrons. The summed E-state index contributed by atoms with van der Waals surface area (Å²) in [6.45, 7) is 16.0. The maximum absolute atomic E-state index is 12.6. The van der Waals surface area contributed by atoms with Crippen LogP contribution >= 0.6 is 0 Å². The Morgan fingerprint density at radius 3 is 2.39 bits per heavy atom. The van der Waals surface area contributed by atoms with E-state index in [1.54, 1.807) is 6.08 Å². The number of hydrogen-bond acceptors (Lipinski definition) is 3. The van der Waals surface area contributed by atoms with Crippen molar-refractivity contribution in [2.45, 2.75) is 93.4 Å². The highest BCUT2D eigenvalue weighted by atomic mass is 16.3. The van der Waals surface area contributed by atoms with Crippen LogP contribution in [0.25, 0.3) is 0 Å². The summed E-state index contributed by atoms with van der Waals surface area (Å²) in [7, 11) is 0. The lowest BCUT2D eigenvalue weighted by Crippen LogP contribution is -2.47. The van der Waals surface area contributed by atoms with Crippen LogP contribution in [0.3, 0.4) is 0 Å². The van der Waals surface area contributed by atoms with Crippen molar-refractivity contribution in [2.75, 3.05) is 0 Å². The molecule has 4 rings (SSSR count). The molecule has 0 spiro atoms. The number of carbonyl (C=O) groups is 1. The molecule has 0 heterocycles. The molecule has 5 atom stereocenters. The Morgan fingerprint density at radius 2 is 1.73 bits per heavy atom. The number of carbonyl (C=O) groups excluding carboxylic acids is 1. The van der Waals surface area contributed by atoms with Gasteiger partial charge in [0.25, 0.3) is 0 Å². The number of fused-ring (bicyclic) bond motifs is 4. The molecule has 3 nitrogen and oxygen atoms in total. The minimum absolute atomic E-state index is 0.0928. The molecule has 0 aromatic carbocycles. The van der Waals surface area contributed by atoms with Crippen molar-refractivity contribution in [3.05, 3.63) is 46.3 Å². The molecule has 0 amide bonds. The van der Waals surface area contributed by atoms with Crippen LogP contribution in [0.1, 0.15) is 93.4 Å². The minimum atomic E-state index is -0.268. The summed E-state index contributed by atoms with van der Waals surface area (Å²) >= 11 is 0. The fourth-order valence-electron chi connectivity index (χ4n) is 7.57. The van der Waals surface area contributed by atoms with Crippen LogP contribution in [0.15, 0.2) is 46.3 Å². The second-order valence-electron chi connectivity index (χ2n) is 12.9. The molecule has 0 unspecified atom stereocenters. The number of hydrogen-bond donors (Lipinski definition) is 1. The molecule has 4 aliphatic carbocycles. The van der Waals surface area contributed by atoms with E-state index in [1.165, 1.54) is 12.0 Å². The summed E-state index contributed by atoms with van der Waals surface area (Å²) in [4.78, 5) is 12.6. The van der Waals surface area contributed by atoms with Crippen LogP contribution in [0.4, 0.5) is 0 Å². The predicted molar refractivity (Wildman–Crippen MR) is 133 cm³/mol. The zero-order valence-electron chi connectivity index (χ0n) is 21.6. The van der Waals surface area contributed by atoms with Gasteiger partial charge in [0.1, 0.15) is 0 Å². The highest BCUT2D eigenvalue weighted by Gasteiger charge is 2.52. The smallest absolute Gasteiger partial charge is 0.220 e. The van der Waals surface area contributed by atoms with Crippen molar-refractivity contribution in [2.24, 2.45) is 33.5 Å². The SMILES string of the molecule is CC1=C(O)C(=O)C=C2C1=CC=C1[C@@H](C)CC[C@@]3(C)CC[C@@](C)(C#N)C[C@H]3C(C)(C)CC[C@@]21C. The zero-order chi connectivity index (χ0) is 24.4. The van der Waals surface area contributed by atoms with Crippen LogP contribution in [0.2, 0.25) is 0 Å². The van der Waals surface area contributed by atoms with E-state index in [-0.39, 0.29) is 33.2 Å². The molecule has 1 N–H and O–H groups in total. The molecule has 0 aliphatic heterocycles. The molecular weight excluding hydrogens is 406 g/mol. The molecule has 0 aromatic heterocycles. The van der Waals surface area contributed by atoms with E-state index in [4.69, 9.17) is 0 Å². The zero-order valence-corrected chi connectivity index (χ0v) is 21.6. The summed E-state index contributed by atoms with van der Waals surface area (Å²) in [6.07, 6.45) is 13.5. The molecule has 2 fully saturated rings. The Bertz CT molecular complexity index is 1050. The number of aliphatic hydroxyl groups is 1. The van der Waals surface area contributed by atoms with Gasteiger partial charge in [0, 0.05) is 11.0 Å². The maximum atomic E-state index is 12.6. The van der Waals surface area contributed by atoms with Crippen molar-refractivity contribution in [3.63, 3.8) is 0 Å². The van der Waals surface area contributed by atoms with E-state index in [0.29, 0.717) is 17.4 Å². The largest absolute Gasteiger partial charge is 0.504 e. The van der Waals surface area contributed by atoms with E-state index >= 15 is 0 Å². The van der Waals surface area contributed by atoms with Crippen molar-refractivity contribution in [3.8, 4) is 6.07 Å². The first kappa shape index (κ1) is 24.1. The van der Waals surface area contributed by atoms with Gasteiger partial charge in [-0.1, -0.05) is 52.3 Å². The van der Waals surface area contributed by atoms with Gasteiger partial charge in [-0.3, -0.25) is 4.79 Å². The van der Waals surface area contributed by atoms with Gasteiger partial charge in [-0.25, -0.2) is 0 Å². The lowest BCUT2D eigenvalue weighted by atomic mass is 9.49. The number of ketones is 1. The van der Waals surface area contributed by atoms with Crippen molar-refractivity contribution >= 4 is 5.78 Å². The Kier molecular flexibility index (Phi) is 5.63. The lowest BCUT2D eigenvalue weighted by molar-refractivity contribution is -0.113. The van der Waals surface area contributed by atoms with E-state index < -0.39 is 0 Å². The van der Waals surface area contributed by atoms with E-state index in [0.717, 1.165) is 49.7 Å². The van der Waals surface area contributed by atoms with Gasteiger partial charge in [-0.15, -0.1) is 0 Å². The molecule has 0 aromatic rings. The van der Waals surface area contributed by atoms with E-state index in [1.807, 2.05) is 6.92 Å². The number of allylic oxidation sites excluding steroid dienone is 7. The highest BCUT2D eigenvalue weighted by Crippen LogP contribution is 2.61. The van der Waals surface area contributed by atoms with Crippen molar-refractivity contribution in [1.29, 1.82) is 5.26 Å². The first-order chi connectivity index (χ1) is 15.3. The number of aliphatic hydroxyl groups excluding tert-OH is 1. The van der Waals surface area contributed by atoms with Gasteiger partial charge in [0.2, 0.25) is 5.78 Å². The normalized spacial score (nSPS) is 40.9.